The van der Waals surface area contributed by atoms with Crippen molar-refractivity contribution < 1.29 is 14.3 Å². The number of rotatable bonds is 5. The average molecular weight is 583 g/mol. The highest BCUT2D eigenvalue weighted by molar-refractivity contribution is 6.30. The van der Waals surface area contributed by atoms with Crippen molar-refractivity contribution in [3.63, 3.8) is 0 Å². The lowest BCUT2D eigenvalue weighted by Gasteiger charge is -2.29. The predicted molar refractivity (Wildman–Crippen MR) is 170 cm³/mol. The van der Waals surface area contributed by atoms with Gasteiger partial charge in [-0.15, -0.1) is 0 Å². The van der Waals surface area contributed by atoms with Gasteiger partial charge in [-0.25, -0.2) is 4.79 Å². The van der Waals surface area contributed by atoms with Crippen LogP contribution in [0.1, 0.15) is 34.3 Å². The molecule has 4 aromatic carbocycles. The van der Waals surface area contributed by atoms with Crippen LogP contribution in [0.2, 0.25) is 5.02 Å². The normalized spacial score (nSPS) is 15.7. The van der Waals surface area contributed by atoms with Crippen molar-refractivity contribution in [2.75, 3.05) is 7.11 Å². The molecule has 0 bridgehead atoms. The second-order valence-corrected chi connectivity index (χ2v) is 11.1. The SMILES string of the molecule is COC(=O)C1=C(C)NC2=C(C(=O)c3ccccc32)[C@@H]1c1cc(-c2ccccc2)n(-c2ccc(Cl)cc2)c1-c1ccccc1. The molecule has 210 valence electrons. The predicted octanol–water partition coefficient (Wildman–Crippen LogP) is 8.21. The van der Waals surface area contributed by atoms with Gasteiger partial charge in [-0.1, -0.05) is 96.5 Å². The van der Waals surface area contributed by atoms with Crippen LogP contribution in [0.3, 0.4) is 0 Å². The largest absolute Gasteiger partial charge is 0.466 e. The standard InChI is InChI=1S/C37H27ClN2O3/c1-22-31(37(42)43-2)32(33-34(39-22)27-15-9-10-16-28(27)36(33)41)29-21-30(23-11-5-3-6-12-23)40(26-19-17-25(38)18-20-26)35(29)24-13-7-4-8-14-24/h3-21,32,39H,1-2H3/t32-/m1/s1. The van der Waals surface area contributed by atoms with E-state index in [2.05, 4.69) is 40.2 Å². The summed E-state index contributed by atoms with van der Waals surface area (Å²) in [5, 5.41) is 4.03. The monoisotopic (exact) mass is 582 g/mol. The number of ketones is 1. The Kier molecular flexibility index (Phi) is 6.60. The van der Waals surface area contributed by atoms with Crippen LogP contribution in [-0.2, 0) is 9.53 Å². The number of ether oxygens (including phenoxy) is 1. The summed E-state index contributed by atoms with van der Waals surface area (Å²) in [4.78, 5) is 27.8. The van der Waals surface area contributed by atoms with Gasteiger partial charge in [0.1, 0.15) is 0 Å². The molecule has 43 heavy (non-hydrogen) atoms. The number of Topliss-reactive ketones (excluding diaryl/α,β-unsaturated/α-hetero) is 1. The van der Waals surface area contributed by atoms with Crippen molar-refractivity contribution >= 4 is 29.1 Å². The van der Waals surface area contributed by atoms with E-state index in [0.717, 1.165) is 45.0 Å². The van der Waals surface area contributed by atoms with Crippen LogP contribution in [0.5, 0.6) is 0 Å². The molecule has 0 saturated carbocycles. The van der Waals surface area contributed by atoms with Gasteiger partial charge >= 0.3 is 5.97 Å². The van der Waals surface area contributed by atoms with Crippen LogP contribution in [0.25, 0.3) is 33.9 Å². The maximum Gasteiger partial charge on any atom is 0.336 e. The number of hydrogen-bond donors (Lipinski definition) is 1. The zero-order valence-corrected chi connectivity index (χ0v) is 24.4. The maximum absolute atomic E-state index is 14.2. The summed E-state index contributed by atoms with van der Waals surface area (Å²) in [7, 11) is 1.38. The number of dihydropyridines is 1. The van der Waals surface area contributed by atoms with Crippen molar-refractivity contribution in [1.29, 1.82) is 0 Å². The van der Waals surface area contributed by atoms with Crippen molar-refractivity contribution in [3.8, 4) is 28.2 Å². The van der Waals surface area contributed by atoms with Gasteiger partial charge in [-0.05, 0) is 53.9 Å². The summed E-state index contributed by atoms with van der Waals surface area (Å²) in [6, 6.07) is 37.6. The van der Waals surface area contributed by atoms with Crippen LogP contribution in [0.15, 0.2) is 132 Å². The lowest BCUT2D eigenvalue weighted by molar-refractivity contribution is -0.136. The molecule has 5 nitrogen and oxygen atoms in total. The summed E-state index contributed by atoms with van der Waals surface area (Å²) in [6.45, 7) is 1.87. The fourth-order valence-corrected chi connectivity index (χ4v) is 6.47. The zero-order valence-electron chi connectivity index (χ0n) is 23.6. The van der Waals surface area contributed by atoms with E-state index in [0.29, 0.717) is 27.4 Å². The minimum absolute atomic E-state index is 0.100. The first-order valence-corrected chi connectivity index (χ1v) is 14.4. The van der Waals surface area contributed by atoms with E-state index < -0.39 is 11.9 Å². The fraction of sp³-hybridized carbons (Fsp3) is 0.0811. The molecule has 0 unspecified atom stereocenters. The summed E-state index contributed by atoms with van der Waals surface area (Å²) in [5.74, 6) is -1.27. The van der Waals surface area contributed by atoms with Gasteiger partial charge in [0.25, 0.3) is 0 Å². The molecular weight excluding hydrogens is 556 g/mol. The highest BCUT2D eigenvalue weighted by Gasteiger charge is 2.44. The Labute approximate surface area is 254 Å². The van der Waals surface area contributed by atoms with Crippen molar-refractivity contribution in [1.82, 2.24) is 9.88 Å². The number of halogens is 1. The quantitative estimate of drug-likeness (QED) is 0.212. The fourth-order valence-electron chi connectivity index (χ4n) is 6.34. The van der Waals surface area contributed by atoms with E-state index in [1.165, 1.54) is 7.11 Å². The highest BCUT2D eigenvalue weighted by Crippen LogP contribution is 2.51. The number of fused-ring (bicyclic) bond motifs is 2. The molecule has 0 fully saturated rings. The summed E-state index contributed by atoms with van der Waals surface area (Å²) < 4.78 is 7.54. The molecule has 0 saturated heterocycles. The average Bonchev–Trinajstić information content (AvgIpc) is 3.57. The van der Waals surface area contributed by atoms with Gasteiger partial charge in [0.05, 0.1) is 35.7 Å². The Morgan fingerprint density at radius 1 is 0.814 bits per heavy atom. The molecule has 1 atom stereocenters. The second kappa shape index (κ2) is 10.6. The number of allylic oxidation sites excluding steroid dienone is 2. The number of carbonyl (C=O) groups is 2. The number of hydrogen-bond acceptors (Lipinski definition) is 4. The zero-order chi connectivity index (χ0) is 29.7. The first-order valence-electron chi connectivity index (χ1n) is 14.0. The molecule has 7 rings (SSSR count). The van der Waals surface area contributed by atoms with Gasteiger partial charge in [0, 0.05) is 33.1 Å². The van der Waals surface area contributed by atoms with Gasteiger partial charge in [-0.3, -0.25) is 4.79 Å². The van der Waals surface area contributed by atoms with Crippen LogP contribution < -0.4 is 5.32 Å². The Morgan fingerprint density at radius 2 is 1.42 bits per heavy atom. The van der Waals surface area contributed by atoms with E-state index in [-0.39, 0.29) is 5.78 Å². The molecule has 1 aliphatic carbocycles. The number of nitrogens with zero attached hydrogens (tertiary/aromatic N) is 1. The van der Waals surface area contributed by atoms with Gasteiger partial charge in [0.2, 0.25) is 0 Å². The van der Waals surface area contributed by atoms with E-state index in [9.17, 15) is 9.59 Å². The highest BCUT2D eigenvalue weighted by atomic mass is 35.5. The molecule has 5 aromatic rings. The Balaban J connectivity index is 1.60. The summed E-state index contributed by atoms with van der Waals surface area (Å²) in [6.07, 6.45) is 0. The molecule has 0 spiro atoms. The number of carbonyl (C=O) groups excluding carboxylic acids is 2. The third kappa shape index (κ3) is 4.32. The molecule has 0 radical (unpaired) electrons. The van der Waals surface area contributed by atoms with Crippen LogP contribution in [0, 0.1) is 0 Å². The topological polar surface area (TPSA) is 60.3 Å². The number of aromatic nitrogens is 1. The van der Waals surface area contributed by atoms with E-state index in [1.807, 2.05) is 91.9 Å². The van der Waals surface area contributed by atoms with Crippen molar-refractivity contribution in [2.24, 2.45) is 0 Å². The molecule has 6 heteroatoms. The van der Waals surface area contributed by atoms with Gasteiger partial charge in [-0.2, -0.15) is 0 Å². The number of nitrogens with one attached hydrogen (secondary N) is 1. The third-order valence-electron chi connectivity index (χ3n) is 8.20. The van der Waals surface area contributed by atoms with Crippen LogP contribution in [0.4, 0.5) is 0 Å². The maximum atomic E-state index is 14.2. The van der Waals surface area contributed by atoms with E-state index in [4.69, 9.17) is 16.3 Å². The molecule has 1 aromatic heterocycles. The third-order valence-corrected chi connectivity index (χ3v) is 8.45. The van der Waals surface area contributed by atoms with Crippen LogP contribution >= 0.6 is 11.6 Å². The molecule has 1 N–H and O–H groups in total. The minimum atomic E-state index is -0.685. The Morgan fingerprint density at radius 3 is 2.07 bits per heavy atom. The van der Waals surface area contributed by atoms with Gasteiger partial charge < -0.3 is 14.6 Å². The molecule has 0 amide bonds. The summed E-state index contributed by atoms with van der Waals surface area (Å²) >= 11 is 6.33. The minimum Gasteiger partial charge on any atom is -0.466 e. The Hall–Kier alpha value is -5.13. The van der Waals surface area contributed by atoms with E-state index >= 15 is 0 Å². The number of esters is 1. The van der Waals surface area contributed by atoms with Crippen LogP contribution in [-0.4, -0.2) is 23.4 Å². The lowest BCUT2D eigenvalue weighted by atomic mass is 9.79. The number of benzene rings is 4. The van der Waals surface area contributed by atoms with E-state index in [1.54, 1.807) is 0 Å². The molecular formula is C37H27ClN2O3. The second-order valence-electron chi connectivity index (χ2n) is 10.6. The van der Waals surface area contributed by atoms with Crippen molar-refractivity contribution in [3.05, 3.63) is 154 Å². The summed E-state index contributed by atoms with van der Waals surface area (Å²) in [5.41, 5.74) is 9.24. The first kappa shape index (κ1) is 26.7. The van der Waals surface area contributed by atoms with Crippen molar-refractivity contribution in [2.45, 2.75) is 12.8 Å². The molecule has 1 aliphatic heterocycles. The number of methoxy groups -OCH3 is 1. The molecule has 2 heterocycles. The van der Waals surface area contributed by atoms with Gasteiger partial charge in [0.15, 0.2) is 5.78 Å². The smallest absolute Gasteiger partial charge is 0.336 e. The first-order chi connectivity index (χ1) is 21.0. The Bertz CT molecular complexity index is 1970. The lowest BCUT2D eigenvalue weighted by Crippen LogP contribution is -2.29. The molecule has 2 aliphatic rings.